The maximum atomic E-state index is 12.4. The summed E-state index contributed by atoms with van der Waals surface area (Å²) in [5.41, 5.74) is 1.34. The van der Waals surface area contributed by atoms with E-state index in [2.05, 4.69) is 6.92 Å². The highest BCUT2D eigenvalue weighted by atomic mass is 16.5. The Kier molecular flexibility index (Phi) is 6.47. The number of likely N-dealkylation sites (tertiary alicyclic amines) is 1. The summed E-state index contributed by atoms with van der Waals surface area (Å²) in [4.78, 5) is 26.5. The van der Waals surface area contributed by atoms with Gasteiger partial charge in [0.2, 0.25) is 0 Å². The van der Waals surface area contributed by atoms with Crippen LogP contribution in [0.3, 0.4) is 0 Å². The van der Waals surface area contributed by atoms with Crippen molar-refractivity contribution in [2.45, 2.75) is 26.4 Å². The molecule has 2 aromatic carbocycles. The lowest BCUT2D eigenvalue weighted by Gasteiger charge is -2.30. The number of carbonyl (C=O) groups is 2. The first-order valence-electron chi connectivity index (χ1n) is 9.34. The minimum absolute atomic E-state index is 0.141. The molecule has 0 saturated carbocycles. The zero-order valence-corrected chi connectivity index (χ0v) is 15.6. The van der Waals surface area contributed by atoms with Crippen LogP contribution < -0.4 is 4.74 Å². The lowest BCUT2D eigenvalue weighted by molar-refractivity contribution is -0.135. The van der Waals surface area contributed by atoms with Crippen molar-refractivity contribution in [2.24, 2.45) is 5.92 Å². The Balaban J connectivity index is 1.55. The topological polar surface area (TPSA) is 55.8 Å². The Morgan fingerprint density at radius 2 is 1.67 bits per heavy atom. The van der Waals surface area contributed by atoms with Crippen LogP contribution in [0.1, 0.15) is 35.7 Å². The summed E-state index contributed by atoms with van der Waals surface area (Å²) in [5.74, 6) is 0.408. The Labute approximate surface area is 159 Å². The van der Waals surface area contributed by atoms with Crippen LogP contribution in [-0.4, -0.2) is 36.5 Å². The van der Waals surface area contributed by atoms with Crippen LogP contribution in [0, 0.1) is 5.92 Å². The highest BCUT2D eigenvalue weighted by Gasteiger charge is 2.22. The van der Waals surface area contributed by atoms with E-state index in [-0.39, 0.29) is 12.5 Å². The van der Waals surface area contributed by atoms with E-state index >= 15 is 0 Å². The van der Waals surface area contributed by atoms with Crippen molar-refractivity contribution in [3.8, 4) is 5.75 Å². The number of rotatable bonds is 6. The molecule has 1 amide bonds. The second-order valence-corrected chi connectivity index (χ2v) is 6.91. The maximum absolute atomic E-state index is 12.4. The Morgan fingerprint density at radius 3 is 2.41 bits per heavy atom. The van der Waals surface area contributed by atoms with Crippen molar-refractivity contribution >= 4 is 11.9 Å². The van der Waals surface area contributed by atoms with Gasteiger partial charge in [-0.1, -0.05) is 49.4 Å². The molecule has 3 rings (SSSR count). The van der Waals surface area contributed by atoms with Gasteiger partial charge in [-0.25, -0.2) is 4.79 Å². The summed E-state index contributed by atoms with van der Waals surface area (Å²) in [7, 11) is 0. The number of nitrogens with zero attached hydrogens (tertiary/aromatic N) is 1. The highest BCUT2D eigenvalue weighted by molar-refractivity contribution is 5.94. The van der Waals surface area contributed by atoms with Crippen molar-refractivity contribution in [3.05, 3.63) is 65.7 Å². The number of piperidine rings is 1. The predicted octanol–water partition coefficient (Wildman–Crippen LogP) is 3.68. The molecule has 5 nitrogen and oxygen atoms in total. The number of carbonyl (C=O) groups excluding carboxylic acids is 2. The molecule has 1 fully saturated rings. The minimum Gasteiger partial charge on any atom is -0.488 e. The smallest absolute Gasteiger partial charge is 0.342 e. The Bertz CT molecular complexity index is 767. The molecule has 0 aliphatic carbocycles. The van der Waals surface area contributed by atoms with Gasteiger partial charge in [0.1, 0.15) is 17.9 Å². The average Bonchev–Trinajstić information content (AvgIpc) is 2.71. The molecule has 27 heavy (non-hydrogen) atoms. The van der Waals surface area contributed by atoms with Gasteiger partial charge in [0.25, 0.3) is 5.91 Å². The fourth-order valence-corrected chi connectivity index (χ4v) is 3.05. The zero-order valence-electron chi connectivity index (χ0n) is 15.6. The van der Waals surface area contributed by atoms with Gasteiger partial charge in [-0.3, -0.25) is 4.79 Å². The number of ether oxygens (including phenoxy) is 2. The van der Waals surface area contributed by atoms with Gasteiger partial charge in [-0.2, -0.15) is 0 Å². The standard InChI is InChI=1S/C22H25NO4/c1-17-11-13-23(14-12-17)21(24)16-27-22(25)19-9-5-6-10-20(19)26-15-18-7-3-2-4-8-18/h2-10,17H,11-16H2,1H3. The molecule has 0 bridgehead atoms. The number of hydrogen-bond acceptors (Lipinski definition) is 4. The van der Waals surface area contributed by atoms with Crippen LogP contribution in [-0.2, 0) is 16.1 Å². The Hall–Kier alpha value is -2.82. The van der Waals surface area contributed by atoms with E-state index in [9.17, 15) is 9.59 Å². The van der Waals surface area contributed by atoms with E-state index in [0.29, 0.717) is 23.8 Å². The summed E-state index contributed by atoms with van der Waals surface area (Å²) >= 11 is 0. The van der Waals surface area contributed by atoms with Crippen LogP contribution in [0.25, 0.3) is 0 Å². The third-order valence-corrected chi connectivity index (χ3v) is 4.81. The third kappa shape index (κ3) is 5.33. The molecule has 5 heteroatoms. The number of amides is 1. The summed E-state index contributed by atoms with van der Waals surface area (Å²) in [6, 6.07) is 16.7. The number of hydrogen-bond donors (Lipinski definition) is 0. The van der Waals surface area contributed by atoms with Crippen LogP contribution in [0.15, 0.2) is 54.6 Å². The second kappa shape index (κ2) is 9.21. The molecule has 0 radical (unpaired) electrons. The van der Waals surface area contributed by atoms with Crippen molar-refractivity contribution in [2.75, 3.05) is 19.7 Å². The van der Waals surface area contributed by atoms with Crippen LogP contribution in [0.2, 0.25) is 0 Å². The van der Waals surface area contributed by atoms with E-state index in [1.165, 1.54) is 0 Å². The third-order valence-electron chi connectivity index (χ3n) is 4.81. The maximum Gasteiger partial charge on any atom is 0.342 e. The fourth-order valence-electron chi connectivity index (χ4n) is 3.05. The monoisotopic (exact) mass is 367 g/mol. The van der Waals surface area contributed by atoms with Gasteiger partial charge in [-0.15, -0.1) is 0 Å². The van der Waals surface area contributed by atoms with Gasteiger partial charge in [0.15, 0.2) is 6.61 Å². The largest absolute Gasteiger partial charge is 0.488 e. The van der Waals surface area contributed by atoms with Gasteiger partial charge < -0.3 is 14.4 Å². The van der Waals surface area contributed by atoms with Gasteiger partial charge >= 0.3 is 5.97 Å². The van der Waals surface area contributed by atoms with E-state index in [1.54, 1.807) is 29.2 Å². The molecule has 0 N–H and O–H groups in total. The van der Waals surface area contributed by atoms with E-state index in [4.69, 9.17) is 9.47 Å². The molecule has 1 aliphatic rings. The SMILES string of the molecule is CC1CCN(C(=O)COC(=O)c2ccccc2OCc2ccccc2)CC1. The normalized spacial score (nSPS) is 14.6. The molecule has 0 aromatic heterocycles. The first-order valence-corrected chi connectivity index (χ1v) is 9.34. The minimum atomic E-state index is -0.544. The predicted molar refractivity (Wildman–Crippen MR) is 102 cm³/mol. The first-order chi connectivity index (χ1) is 13.1. The molecule has 1 aliphatic heterocycles. The van der Waals surface area contributed by atoms with Gasteiger partial charge in [0, 0.05) is 13.1 Å². The van der Waals surface area contributed by atoms with Crippen LogP contribution >= 0.6 is 0 Å². The summed E-state index contributed by atoms with van der Waals surface area (Å²) in [6.07, 6.45) is 1.99. The molecule has 0 atom stereocenters. The molecule has 2 aromatic rings. The van der Waals surface area contributed by atoms with Crippen LogP contribution in [0.4, 0.5) is 0 Å². The molecule has 1 heterocycles. The number of para-hydroxylation sites is 1. The van der Waals surface area contributed by atoms with Crippen molar-refractivity contribution in [3.63, 3.8) is 0 Å². The first kappa shape index (κ1) is 19.0. The molecule has 0 unspecified atom stereocenters. The number of esters is 1. The molecular formula is C22H25NO4. The lowest BCUT2D eigenvalue weighted by Crippen LogP contribution is -2.40. The van der Waals surface area contributed by atoms with Gasteiger partial charge in [0.05, 0.1) is 0 Å². The molecule has 1 saturated heterocycles. The summed E-state index contributed by atoms with van der Waals surface area (Å²) < 4.78 is 11.0. The molecule has 0 spiro atoms. The molecule has 142 valence electrons. The van der Waals surface area contributed by atoms with Gasteiger partial charge in [-0.05, 0) is 36.5 Å². The van der Waals surface area contributed by atoms with E-state index in [1.807, 2.05) is 30.3 Å². The average molecular weight is 367 g/mol. The van der Waals surface area contributed by atoms with Crippen molar-refractivity contribution in [1.82, 2.24) is 4.90 Å². The number of benzene rings is 2. The molecular weight excluding hydrogens is 342 g/mol. The van der Waals surface area contributed by atoms with Crippen LogP contribution in [0.5, 0.6) is 5.75 Å². The summed E-state index contributed by atoms with van der Waals surface area (Å²) in [6.45, 7) is 3.77. The van der Waals surface area contributed by atoms with E-state index in [0.717, 1.165) is 31.5 Å². The second-order valence-electron chi connectivity index (χ2n) is 6.91. The lowest BCUT2D eigenvalue weighted by atomic mass is 9.99. The zero-order chi connectivity index (χ0) is 19.1. The van der Waals surface area contributed by atoms with Crippen molar-refractivity contribution < 1.29 is 19.1 Å². The quantitative estimate of drug-likeness (QED) is 0.731. The fraction of sp³-hybridized carbons (Fsp3) is 0.364. The Morgan fingerprint density at radius 1 is 1.00 bits per heavy atom. The van der Waals surface area contributed by atoms with E-state index < -0.39 is 5.97 Å². The van der Waals surface area contributed by atoms with Crippen molar-refractivity contribution in [1.29, 1.82) is 0 Å². The summed E-state index contributed by atoms with van der Waals surface area (Å²) in [5, 5.41) is 0. The highest BCUT2D eigenvalue weighted by Crippen LogP contribution is 2.21.